The van der Waals surface area contributed by atoms with Gasteiger partial charge in [0.2, 0.25) is 5.91 Å². The van der Waals surface area contributed by atoms with Gasteiger partial charge in [-0.1, -0.05) is 55.1 Å². The molecule has 0 saturated carbocycles. The lowest BCUT2D eigenvalue weighted by Gasteiger charge is -2.19. The van der Waals surface area contributed by atoms with Crippen LogP contribution in [0.1, 0.15) is 28.5 Å². The maximum absolute atomic E-state index is 15.6. The van der Waals surface area contributed by atoms with Crippen molar-refractivity contribution in [2.75, 3.05) is 11.9 Å². The molecule has 0 fully saturated rings. The second kappa shape index (κ2) is 9.73. The van der Waals surface area contributed by atoms with Crippen molar-refractivity contribution >= 4 is 40.2 Å². The van der Waals surface area contributed by atoms with Crippen molar-refractivity contribution in [1.29, 1.82) is 0 Å². The van der Waals surface area contributed by atoms with Gasteiger partial charge in [-0.25, -0.2) is 9.18 Å². The number of carbonyl (C=O) groups is 2. The quantitative estimate of drug-likeness (QED) is 0.347. The van der Waals surface area contributed by atoms with Gasteiger partial charge in [0, 0.05) is 33.6 Å². The van der Waals surface area contributed by atoms with E-state index in [1.807, 2.05) is 56.3 Å². The largest absolute Gasteiger partial charge is 0.478 e. The van der Waals surface area contributed by atoms with Crippen LogP contribution in [-0.2, 0) is 17.8 Å². The minimum atomic E-state index is -1.00. The predicted molar refractivity (Wildman–Crippen MR) is 133 cm³/mol. The lowest BCUT2D eigenvalue weighted by Crippen LogP contribution is -2.30. The summed E-state index contributed by atoms with van der Waals surface area (Å²) >= 11 is 1.37. The first kappa shape index (κ1) is 23.6. The van der Waals surface area contributed by atoms with Crippen LogP contribution in [0.25, 0.3) is 10.9 Å². The summed E-state index contributed by atoms with van der Waals surface area (Å²) in [7, 11) is 1.71. The smallest absolute Gasteiger partial charge is 0.335 e. The molecule has 174 valence electrons. The third-order valence-electron chi connectivity index (χ3n) is 5.94. The highest BCUT2D eigenvalue weighted by molar-refractivity contribution is 7.99. The predicted octanol–water partition coefficient (Wildman–Crippen LogP) is 6.16. The highest BCUT2D eigenvalue weighted by Crippen LogP contribution is 2.40. The Hall–Kier alpha value is -3.58. The summed E-state index contributed by atoms with van der Waals surface area (Å²) in [6.45, 7) is 3.74. The van der Waals surface area contributed by atoms with E-state index < -0.39 is 5.97 Å². The molecule has 0 unspecified atom stereocenters. The van der Waals surface area contributed by atoms with Crippen molar-refractivity contribution in [2.24, 2.45) is 0 Å². The van der Waals surface area contributed by atoms with E-state index in [1.165, 1.54) is 17.8 Å². The third-order valence-corrected chi connectivity index (χ3v) is 7.15. The number of anilines is 1. The molecule has 4 aromatic rings. The number of aromatic carboxylic acids is 1. The molecule has 1 amide bonds. The zero-order valence-electron chi connectivity index (χ0n) is 19.2. The minimum Gasteiger partial charge on any atom is -0.478 e. The molecule has 1 heterocycles. The van der Waals surface area contributed by atoms with Gasteiger partial charge in [0.1, 0.15) is 6.54 Å². The maximum atomic E-state index is 15.6. The van der Waals surface area contributed by atoms with Gasteiger partial charge in [-0.15, -0.1) is 0 Å². The zero-order chi connectivity index (χ0) is 24.4. The van der Waals surface area contributed by atoms with E-state index in [-0.39, 0.29) is 23.8 Å². The fourth-order valence-electron chi connectivity index (χ4n) is 3.99. The number of carboxylic acids is 1. The number of nitrogens with zero attached hydrogens (tertiary/aromatic N) is 2. The number of aryl methyl sites for hydroxylation is 1. The summed E-state index contributed by atoms with van der Waals surface area (Å²) in [5.74, 6) is -1.50. The number of rotatable bonds is 7. The molecule has 1 aromatic heterocycles. The van der Waals surface area contributed by atoms with Crippen molar-refractivity contribution in [3.05, 3.63) is 89.4 Å². The Morgan fingerprint density at radius 1 is 1.06 bits per heavy atom. The fraction of sp³-hybridized carbons (Fsp3) is 0.185. The molecular formula is C27H25FN2O3S. The van der Waals surface area contributed by atoms with Crippen molar-refractivity contribution in [2.45, 2.75) is 36.6 Å². The molecule has 5 nitrogen and oxygen atoms in total. The van der Waals surface area contributed by atoms with Gasteiger partial charge in [0.15, 0.2) is 5.82 Å². The van der Waals surface area contributed by atoms with Gasteiger partial charge < -0.3 is 14.6 Å². The van der Waals surface area contributed by atoms with Gasteiger partial charge in [0.05, 0.1) is 11.1 Å². The van der Waals surface area contributed by atoms with E-state index in [1.54, 1.807) is 34.7 Å². The number of para-hydroxylation sites is 1. The van der Waals surface area contributed by atoms with Crippen LogP contribution in [0.3, 0.4) is 0 Å². The van der Waals surface area contributed by atoms with E-state index >= 15 is 4.39 Å². The van der Waals surface area contributed by atoms with Crippen molar-refractivity contribution < 1.29 is 19.1 Å². The van der Waals surface area contributed by atoms with Crippen LogP contribution in [0.15, 0.2) is 76.5 Å². The SMILES string of the molecule is CCc1ccc2c(Sc3cccc(C(=O)O)c3)c(C)n(CC(=O)N(C)c3ccccc3)c2c1F. The molecule has 0 atom stereocenters. The number of amides is 1. The average Bonchev–Trinajstić information content (AvgIpc) is 3.10. The van der Waals surface area contributed by atoms with Crippen LogP contribution in [0.2, 0.25) is 0 Å². The Labute approximate surface area is 201 Å². The van der Waals surface area contributed by atoms with Crippen LogP contribution in [0, 0.1) is 12.7 Å². The molecule has 0 aliphatic carbocycles. The van der Waals surface area contributed by atoms with Gasteiger partial charge in [-0.3, -0.25) is 4.79 Å². The van der Waals surface area contributed by atoms with Crippen molar-refractivity contribution in [3.63, 3.8) is 0 Å². The summed E-state index contributed by atoms with van der Waals surface area (Å²) in [5.41, 5.74) is 2.67. The molecule has 7 heteroatoms. The van der Waals surface area contributed by atoms with Gasteiger partial charge in [-0.05, 0) is 49.2 Å². The van der Waals surface area contributed by atoms with Crippen LogP contribution in [0.5, 0.6) is 0 Å². The summed E-state index contributed by atoms with van der Waals surface area (Å²) in [4.78, 5) is 27.7. The van der Waals surface area contributed by atoms with Crippen LogP contribution >= 0.6 is 11.8 Å². The maximum Gasteiger partial charge on any atom is 0.335 e. The van der Waals surface area contributed by atoms with E-state index in [0.29, 0.717) is 22.9 Å². The number of fused-ring (bicyclic) bond motifs is 1. The van der Waals surface area contributed by atoms with Gasteiger partial charge >= 0.3 is 5.97 Å². The summed E-state index contributed by atoms with van der Waals surface area (Å²) in [6, 6.07) is 19.6. The monoisotopic (exact) mass is 476 g/mol. The molecular weight excluding hydrogens is 451 g/mol. The third kappa shape index (κ3) is 4.43. The first-order chi connectivity index (χ1) is 16.3. The highest BCUT2D eigenvalue weighted by atomic mass is 32.2. The molecule has 0 aliphatic rings. The number of aromatic nitrogens is 1. The van der Waals surface area contributed by atoms with E-state index in [2.05, 4.69) is 0 Å². The first-order valence-electron chi connectivity index (χ1n) is 10.9. The van der Waals surface area contributed by atoms with E-state index in [0.717, 1.165) is 21.2 Å². The molecule has 0 saturated heterocycles. The number of carbonyl (C=O) groups excluding carboxylic acids is 1. The summed E-state index contributed by atoms with van der Waals surface area (Å²) in [6.07, 6.45) is 0.535. The number of halogens is 1. The molecule has 3 aromatic carbocycles. The molecule has 0 aliphatic heterocycles. The lowest BCUT2D eigenvalue weighted by molar-refractivity contribution is -0.118. The number of benzene rings is 3. The minimum absolute atomic E-state index is 0.0203. The zero-order valence-corrected chi connectivity index (χ0v) is 20.0. The summed E-state index contributed by atoms with van der Waals surface area (Å²) < 4.78 is 17.3. The number of hydrogen-bond donors (Lipinski definition) is 1. The molecule has 34 heavy (non-hydrogen) atoms. The van der Waals surface area contributed by atoms with Crippen molar-refractivity contribution in [1.82, 2.24) is 4.57 Å². The first-order valence-corrected chi connectivity index (χ1v) is 11.8. The molecule has 1 N–H and O–H groups in total. The number of carboxylic acid groups (broad SMARTS) is 1. The Bertz CT molecular complexity index is 1380. The van der Waals surface area contributed by atoms with E-state index in [4.69, 9.17) is 0 Å². The topological polar surface area (TPSA) is 62.5 Å². The summed E-state index contributed by atoms with van der Waals surface area (Å²) in [5, 5.41) is 10.0. The van der Waals surface area contributed by atoms with Crippen LogP contribution in [-0.4, -0.2) is 28.6 Å². The molecule has 4 rings (SSSR count). The van der Waals surface area contributed by atoms with Crippen molar-refractivity contribution in [3.8, 4) is 0 Å². The Kier molecular flexibility index (Phi) is 6.75. The molecule has 0 spiro atoms. The van der Waals surface area contributed by atoms with Crippen LogP contribution in [0.4, 0.5) is 10.1 Å². The molecule has 0 bridgehead atoms. The Balaban J connectivity index is 1.80. The fourth-order valence-corrected chi connectivity index (χ4v) is 5.09. The normalized spacial score (nSPS) is 11.1. The Morgan fingerprint density at radius 3 is 2.47 bits per heavy atom. The highest BCUT2D eigenvalue weighted by Gasteiger charge is 2.23. The number of hydrogen-bond acceptors (Lipinski definition) is 3. The Morgan fingerprint density at radius 2 is 1.79 bits per heavy atom. The van der Waals surface area contributed by atoms with Gasteiger partial charge in [-0.2, -0.15) is 0 Å². The van der Waals surface area contributed by atoms with E-state index in [9.17, 15) is 14.7 Å². The second-order valence-corrected chi connectivity index (χ2v) is 9.10. The van der Waals surface area contributed by atoms with Gasteiger partial charge in [0.25, 0.3) is 0 Å². The lowest BCUT2D eigenvalue weighted by atomic mass is 10.1. The van der Waals surface area contributed by atoms with Crippen LogP contribution < -0.4 is 4.90 Å². The standard InChI is InChI=1S/C27H25FN2O3S/c1-4-18-13-14-22-25(24(18)28)30(16-23(31)29(3)20-10-6-5-7-11-20)17(2)26(22)34-21-12-8-9-19(15-21)27(32)33/h5-15H,4,16H2,1-3H3,(H,32,33). The molecule has 0 radical (unpaired) electrons. The number of likely N-dealkylation sites (N-methyl/N-ethyl adjacent to an activating group) is 1. The average molecular weight is 477 g/mol. The second-order valence-electron chi connectivity index (χ2n) is 8.01.